The zero-order chi connectivity index (χ0) is 14.3. The topological polar surface area (TPSA) is 60.2 Å². The van der Waals surface area contributed by atoms with Crippen LogP contribution in [0.15, 0.2) is 18.2 Å². The molecule has 1 aromatic carbocycles. The summed E-state index contributed by atoms with van der Waals surface area (Å²) in [5, 5.41) is -0.522. The molecule has 1 aliphatic rings. The van der Waals surface area contributed by atoms with Gasteiger partial charge in [-0.1, -0.05) is 6.07 Å². The molecule has 1 heterocycles. The molecule has 0 radical (unpaired) electrons. The van der Waals surface area contributed by atoms with Crippen molar-refractivity contribution in [3.05, 3.63) is 29.3 Å². The van der Waals surface area contributed by atoms with E-state index in [4.69, 9.17) is 5.73 Å². The third kappa shape index (κ3) is 3.02. The van der Waals surface area contributed by atoms with Gasteiger partial charge < -0.3 is 5.73 Å². The molecule has 0 spiro atoms. The van der Waals surface area contributed by atoms with Crippen LogP contribution in [0.1, 0.15) is 24.0 Å². The van der Waals surface area contributed by atoms with Gasteiger partial charge in [0.1, 0.15) is 0 Å². The monoisotopic (exact) mass is 293 g/mol. The molecule has 1 fully saturated rings. The molecule has 19 heavy (non-hydrogen) atoms. The van der Waals surface area contributed by atoms with Crippen molar-refractivity contribution in [3.63, 3.8) is 0 Å². The molecule has 7 heteroatoms. The van der Waals surface area contributed by atoms with E-state index in [1.807, 2.05) is 0 Å². The maximum atomic E-state index is 12.5. The minimum Gasteiger partial charge on any atom is -0.398 e. The van der Waals surface area contributed by atoms with Gasteiger partial charge in [-0.3, -0.25) is 0 Å². The second-order valence-corrected chi connectivity index (χ2v) is 7.15. The normalized spacial score (nSPS) is 22.6. The van der Waals surface area contributed by atoms with Gasteiger partial charge in [0.25, 0.3) is 0 Å². The molecule has 1 aromatic rings. The van der Waals surface area contributed by atoms with Crippen molar-refractivity contribution in [1.82, 2.24) is 0 Å². The summed E-state index contributed by atoms with van der Waals surface area (Å²) in [6, 6.07) is 3.07. The molecular formula is C12H14F3NO2S. The molecule has 3 nitrogen and oxygen atoms in total. The van der Waals surface area contributed by atoms with Gasteiger partial charge in [-0.15, -0.1) is 0 Å². The van der Waals surface area contributed by atoms with Crippen molar-refractivity contribution < 1.29 is 21.6 Å². The predicted molar refractivity (Wildman–Crippen MR) is 66.4 cm³/mol. The Balaban J connectivity index is 2.23. The first-order valence-electron chi connectivity index (χ1n) is 5.87. The van der Waals surface area contributed by atoms with Gasteiger partial charge in [0.05, 0.1) is 16.6 Å². The molecule has 2 N–H and O–H groups in total. The number of hydrogen-bond donors (Lipinski definition) is 1. The number of benzene rings is 1. The lowest BCUT2D eigenvalue weighted by molar-refractivity contribution is -0.137. The lowest BCUT2D eigenvalue weighted by Crippen LogP contribution is -2.19. The van der Waals surface area contributed by atoms with Crippen LogP contribution in [0.4, 0.5) is 18.9 Å². The minimum absolute atomic E-state index is 0.00285. The average Bonchev–Trinajstić information content (AvgIpc) is 2.59. The summed E-state index contributed by atoms with van der Waals surface area (Å²) in [5.74, 6) is 0.151. The second kappa shape index (κ2) is 4.70. The summed E-state index contributed by atoms with van der Waals surface area (Å²) in [4.78, 5) is 0. The number of sulfone groups is 1. The molecule has 0 aliphatic carbocycles. The number of nitrogens with two attached hydrogens (primary N) is 1. The van der Waals surface area contributed by atoms with Crippen molar-refractivity contribution in [2.75, 3.05) is 11.5 Å². The maximum Gasteiger partial charge on any atom is 0.416 e. The third-order valence-corrected chi connectivity index (χ3v) is 5.66. The summed E-state index contributed by atoms with van der Waals surface area (Å²) in [7, 11) is -3.12. The van der Waals surface area contributed by atoms with E-state index in [-0.39, 0.29) is 17.9 Å². The highest BCUT2D eigenvalue weighted by Gasteiger charge is 2.33. The first kappa shape index (κ1) is 14.2. The van der Waals surface area contributed by atoms with Crippen LogP contribution in [0.25, 0.3) is 0 Å². The third-order valence-electron chi connectivity index (χ3n) is 3.38. The maximum absolute atomic E-state index is 12.5. The van der Waals surface area contributed by atoms with Crippen molar-refractivity contribution in [2.45, 2.75) is 30.7 Å². The van der Waals surface area contributed by atoms with Gasteiger partial charge in [-0.25, -0.2) is 8.42 Å². The van der Waals surface area contributed by atoms with Crippen molar-refractivity contribution >= 4 is 15.5 Å². The smallest absolute Gasteiger partial charge is 0.398 e. The van der Waals surface area contributed by atoms with Gasteiger partial charge in [0.2, 0.25) is 0 Å². The van der Waals surface area contributed by atoms with Crippen LogP contribution in [0.2, 0.25) is 0 Å². The molecule has 1 atom stereocenters. The van der Waals surface area contributed by atoms with Crippen LogP contribution in [0.5, 0.6) is 0 Å². The van der Waals surface area contributed by atoms with E-state index >= 15 is 0 Å². The highest BCUT2D eigenvalue weighted by Crippen LogP contribution is 2.32. The minimum atomic E-state index is -4.44. The fraction of sp³-hybridized carbons (Fsp3) is 0.500. The fourth-order valence-corrected chi connectivity index (χ4v) is 4.15. The van der Waals surface area contributed by atoms with Crippen molar-refractivity contribution in [2.24, 2.45) is 0 Å². The van der Waals surface area contributed by atoms with E-state index < -0.39 is 26.8 Å². The second-order valence-electron chi connectivity index (χ2n) is 4.75. The largest absolute Gasteiger partial charge is 0.416 e. The summed E-state index contributed by atoms with van der Waals surface area (Å²) in [5.41, 5.74) is 5.23. The zero-order valence-corrected chi connectivity index (χ0v) is 10.9. The number of anilines is 1. The van der Waals surface area contributed by atoms with Gasteiger partial charge >= 0.3 is 6.18 Å². The summed E-state index contributed by atoms with van der Waals surface area (Å²) < 4.78 is 60.8. The van der Waals surface area contributed by atoms with E-state index in [1.54, 1.807) is 0 Å². The number of halogens is 3. The highest BCUT2D eigenvalue weighted by atomic mass is 32.2. The first-order chi connectivity index (χ1) is 8.70. The summed E-state index contributed by atoms with van der Waals surface area (Å²) >= 11 is 0. The Morgan fingerprint density at radius 3 is 2.47 bits per heavy atom. The lowest BCUT2D eigenvalue weighted by Gasteiger charge is -2.13. The van der Waals surface area contributed by atoms with E-state index in [9.17, 15) is 21.6 Å². The van der Waals surface area contributed by atoms with Crippen molar-refractivity contribution in [1.29, 1.82) is 0 Å². The van der Waals surface area contributed by atoms with Gasteiger partial charge in [-0.2, -0.15) is 13.2 Å². The number of hydrogen-bond acceptors (Lipinski definition) is 3. The molecule has 0 amide bonds. The van der Waals surface area contributed by atoms with Crippen LogP contribution < -0.4 is 5.73 Å². The molecule has 1 unspecified atom stereocenters. The fourth-order valence-electron chi connectivity index (χ4n) is 2.29. The number of alkyl halides is 3. The predicted octanol–water partition coefficient (Wildman–Crippen LogP) is 2.41. The van der Waals surface area contributed by atoms with Gasteiger partial charge in [0, 0.05) is 5.69 Å². The first-order valence-corrected chi connectivity index (χ1v) is 7.59. The summed E-state index contributed by atoms with van der Waals surface area (Å²) in [6.45, 7) is 0. The zero-order valence-electron chi connectivity index (χ0n) is 10.1. The number of rotatable bonds is 2. The van der Waals surface area contributed by atoms with E-state index in [0.29, 0.717) is 18.4 Å². The molecule has 1 saturated heterocycles. The molecule has 106 valence electrons. The molecule has 0 saturated carbocycles. The van der Waals surface area contributed by atoms with E-state index in [1.165, 1.54) is 6.07 Å². The quantitative estimate of drug-likeness (QED) is 0.852. The van der Waals surface area contributed by atoms with Crippen LogP contribution in [0, 0.1) is 0 Å². The van der Waals surface area contributed by atoms with E-state index in [0.717, 1.165) is 12.1 Å². The van der Waals surface area contributed by atoms with Gasteiger partial charge in [-0.05, 0) is 37.0 Å². The number of nitrogen functional groups attached to an aromatic ring is 1. The summed E-state index contributed by atoms with van der Waals surface area (Å²) in [6.07, 6.45) is -3.10. The van der Waals surface area contributed by atoms with Crippen LogP contribution in [0.3, 0.4) is 0 Å². The van der Waals surface area contributed by atoms with E-state index in [2.05, 4.69) is 0 Å². The molecule has 1 aliphatic heterocycles. The van der Waals surface area contributed by atoms with Crippen molar-refractivity contribution in [3.8, 4) is 0 Å². The Kier molecular flexibility index (Phi) is 3.51. The molecular weight excluding hydrogens is 279 g/mol. The molecule has 2 rings (SSSR count). The van der Waals surface area contributed by atoms with Crippen LogP contribution >= 0.6 is 0 Å². The highest BCUT2D eigenvalue weighted by molar-refractivity contribution is 7.92. The van der Waals surface area contributed by atoms with Gasteiger partial charge in [0.15, 0.2) is 9.84 Å². The van der Waals surface area contributed by atoms with Crippen LogP contribution in [-0.4, -0.2) is 19.4 Å². The molecule has 0 aromatic heterocycles. The Hall–Kier alpha value is -1.24. The Morgan fingerprint density at radius 2 is 2.00 bits per heavy atom. The van der Waals surface area contributed by atoms with Crippen LogP contribution in [-0.2, 0) is 22.4 Å². The average molecular weight is 293 g/mol. The lowest BCUT2D eigenvalue weighted by atomic mass is 10.0. The Morgan fingerprint density at radius 1 is 1.32 bits per heavy atom. The standard InChI is InChI=1S/C12H14F3NO2S/c13-12(14,15)9-4-3-8(11(16)7-9)6-10-2-1-5-19(10,17)18/h3-4,7,10H,1-2,5-6,16H2. The Bertz CT molecular complexity index is 581. The SMILES string of the molecule is Nc1cc(C(F)(F)F)ccc1CC1CCCS1(=O)=O. The Labute approximate surface area is 109 Å². The molecule has 0 bridgehead atoms.